The first-order valence-corrected chi connectivity index (χ1v) is 11.6. The van der Waals surface area contributed by atoms with E-state index in [9.17, 15) is 9.59 Å². The molecule has 0 radical (unpaired) electrons. The summed E-state index contributed by atoms with van der Waals surface area (Å²) in [7, 11) is 0. The number of benzene rings is 2. The summed E-state index contributed by atoms with van der Waals surface area (Å²) in [6.07, 6.45) is 1.58. The van der Waals surface area contributed by atoms with Crippen LogP contribution in [0.25, 0.3) is 0 Å². The quantitative estimate of drug-likeness (QED) is 0.494. The Bertz CT molecular complexity index is 1190. The van der Waals surface area contributed by atoms with Crippen molar-refractivity contribution in [3.63, 3.8) is 0 Å². The molecule has 176 valence electrons. The van der Waals surface area contributed by atoms with Crippen molar-refractivity contribution in [2.75, 3.05) is 28.6 Å². The minimum Gasteiger partial charge on any atom is -0.354 e. The summed E-state index contributed by atoms with van der Waals surface area (Å²) in [5.41, 5.74) is 2.90. The van der Waals surface area contributed by atoms with Crippen LogP contribution in [0.15, 0.2) is 60.8 Å². The highest BCUT2D eigenvalue weighted by Crippen LogP contribution is 2.27. The molecule has 2 aromatic carbocycles. The van der Waals surface area contributed by atoms with Crippen molar-refractivity contribution in [1.29, 1.82) is 0 Å². The van der Waals surface area contributed by atoms with Crippen LogP contribution in [0, 0.1) is 6.92 Å². The average Bonchev–Trinajstić information content (AvgIpc) is 2.80. The van der Waals surface area contributed by atoms with Crippen LogP contribution in [0.1, 0.15) is 40.1 Å². The number of carbonyl (C=O) groups excluding carboxylic acids is 2. The summed E-state index contributed by atoms with van der Waals surface area (Å²) < 4.78 is 0. The van der Waals surface area contributed by atoms with Crippen molar-refractivity contribution in [2.24, 2.45) is 0 Å². The lowest BCUT2D eigenvalue weighted by molar-refractivity contribution is 0.101. The number of anilines is 3. The van der Waals surface area contributed by atoms with Gasteiger partial charge in [-0.1, -0.05) is 29.3 Å². The van der Waals surface area contributed by atoms with Crippen molar-refractivity contribution in [3.05, 3.63) is 82.5 Å². The monoisotopic (exact) mass is 477 g/mol. The largest absolute Gasteiger partial charge is 0.354 e. The average molecular weight is 478 g/mol. The zero-order valence-electron chi connectivity index (χ0n) is 19.4. The smallest absolute Gasteiger partial charge is 0.257 e. The summed E-state index contributed by atoms with van der Waals surface area (Å²) in [6.45, 7) is 7.95. The number of rotatable bonds is 5. The van der Waals surface area contributed by atoms with E-state index in [1.807, 2.05) is 25.1 Å². The third kappa shape index (κ3) is 5.73. The first-order chi connectivity index (χ1) is 16.3. The third-order valence-corrected chi connectivity index (χ3v) is 5.97. The highest BCUT2D eigenvalue weighted by atomic mass is 35.5. The SMILES string of the molecule is Cc1cccc(C(=O)Nc2cc(NC(=O)c3ccc(N4CC(C)NC(C)C4)nc3)ccc2Cl)c1. The molecular weight excluding hydrogens is 450 g/mol. The lowest BCUT2D eigenvalue weighted by Crippen LogP contribution is -2.54. The molecular formula is C26H28ClN5O2. The van der Waals surface area contributed by atoms with Gasteiger partial charge in [-0.2, -0.15) is 0 Å². The molecule has 2 atom stereocenters. The fourth-order valence-electron chi connectivity index (χ4n) is 4.10. The first kappa shape index (κ1) is 23.7. The Labute approximate surface area is 204 Å². The van der Waals surface area contributed by atoms with Gasteiger partial charge in [0, 0.05) is 42.6 Å². The molecule has 2 unspecified atom stereocenters. The van der Waals surface area contributed by atoms with Gasteiger partial charge in [0.1, 0.15) is 5.82 Å². The van der Waals surface area contributed by atoms with E-state index in [2.05, 4.69) is 39.7 Å². The summed E-state index contributed by atoms with van der Waals surface area (Å²) in [4.78, 5) is 32.1. The molecule has 0 aliphatic carbocycles. The number of nitrogens with one attached hydrogen (secondary N) is 3. The van der Waals surface area contributed by atoms with E-state index < -0.39 is 0 Å². The second kappa shape index (κ2) is 10.2. The predicted molar refractivity (Wildman–Crippen MR) is 137 cm³/mol. The molecule has 1 fully saturated rings. The second-order valence-corrected chi connectivity index (χ2v) is 9.16. The minimum atomic E-state index is -0.292. The predicted octanol–water partition coefficient (Wildman–Crippen LogP) is 4.73. The van der Waals surface area contributed by atoms with Gasteiger partial charge in [0.25, 0.3) is 11.8 Å². The maximum Gasteiger partial charge on any atom is 0.257 e. The standard InChI is InChI=1S/C26H28ClN5O2/c1-16-5-4-6-19(11-16)25(33)31-23-12-21(8-9-22(23)27)30-26(34)20-7-10-24(28-13-20)32-14-17(2)29-18(3)15-32/h4-13,17-18,29H,14-15H2,1-3H3,(H,30,34)(H,31,33). The third-order valence-electron chi connectivity index (χ3n) is 5.64. The van der Waals surface area contributed by atoms with Crippen LogP contribution in [0.3, 0.4) is 0 Å². The number of carbonyl (C=O) groups is 2. The molecule has 0 spiro atoms. The van der Waals surface area contributed by atoms with E-state index in [-0.39, 0.29) is 11.8 Å². The molecule has 8 heteroatoms. The number of hydrogen-bond donors (Lipinski definition) is 3. The van der Waals surface area contributed by atoms with Crippen molar-refractivity contribution >= 4 is 40.6 Å². The van der Waals surface area contributed by atoms with Crippen LogP contribution in [0.2, 0.25) is 5.02 Å². The van der Waals surface area contributed by atoms with Gasteiger partial charge in [0.15, 0.2) is 0 Å². The molecule has 1 aromatic heterocycles. The molecule has 0 bridgehead atoms. The van der Waals surface area contributed by atoms with Gasteiger partial charge in [0.2, 0.25) is 0 Å². The Hall–Kier alpha value is -3.42. The molecule has 1 aliphatic heterocycles. The zero-order chi connectivity index (χ0) is 24.2. The Morgan fingerprint density at radius 3 is 2.38 bits per heavy atom. The number of aryl methyl sites for hydroxylation is 1. The molecule has 7 nitrogen and oxygen atoms in total. The van der Waals surface area contributed by atoms with Gasteiger partial charge in [-0.15, -0.1) is 0 Å². The summed E-state index contributed by atoms with van der Waals surface area (Å²) in [5.74, 6) is 0.286. The van der Waals surface area contributed by atoms with Crippen LogP contribution in [-0.4, -0.2) is 42.0 Å². The van der Waals surface area contributed by atoms with Gasteiger partial charge < -0.3 is 20.9 Å². The van der Waals surface area contributed by atoms with Gasteiger partial charge in [0.05, 0.1) is 16.3 Å². The Kier molecular flexibility index (Phi) is 7.14. The second-order valence-electron chi connectivity index (χ2n) is 8.75. The van der Waals surface area contributed by atoms with Gasteiger partial charge in [-0.3, -0.25) is 9.59 Å². The normalized spacial score (nSPS) is 17.8. The number of hydrogen-bond acceptors (Lipinski definition) is 5. The highest BCUT2D eigenvalue weighted by Gasteiger charge is 2.22. The van der Waals surface area contributed by atoms with Gasteiger partial charge in [-0.25, -0.2) is 4.98 Å². The van der Waals surface area contributed by atoms with Gasteiger partial charge in [-0.05, 0) is 63.2 Å². The molecule has 1 aliphatic rings. The summed E-state index contributed by atoms with van der Waals surface area (Å²) in [6, 6.07) is 16.6. The highest BCUT2D eigenvalue weighted by molar-refractivity contribution is 6.34. The lowest BCUT2D eigenvalue weighted by atomic mass is 10.1. The fraction of sp³-hybridized carbons (Fsp3) is 0.269. The number of aromatic nitrogens is 1. The van der Waals surface area contributed by atoms with Crippen molar-refractivity contribution in [3.8, 4) is 0 Å². The molecule has 0 saturated carbocycles. The Balaban J connectivity index is 1.43. The lowest BCUT2D eigenvalue weighted by Gasteiger charge is -2.36. The molecule has 1 saturated heterocycles. The van der Waals surface area contributed by atoms with Crippen molar-refractivity contribution < 1.29 is 9.59 Å². The maximum absolute atomic E-state index is 12.8. The van der Waals surface area contributed by atoms with Crippen LogP contribution >= 0.6 is 11.6 Å². The first-order valence-electron chi connectivity index (χ1n) is 11.2. The molecule has 3 aromatic rings. The Morgan fingerprint density at radius 2 is 1.71 bits per heavy atom. The number of nitrogens with zero attached hydrogens (tertiary/aromatic N) is 2. The number of amides is 2. The maximum atomic E-state index is 12.8. The Morgan fingerprint density at radius 1 is 0.971 bits per heavy atom. The van der Waals surface area contributed by atoms with E-state index in [1.165, 1.54) is 0 Å². The molecule has 4 rings (SSSR count). The van der Waals surface area contributed by atoms with Crippen LogP contribution in [-0.2, 0) is 0 Å². The van der Waals surface area contributed by atoms with Crippen LogP contribution in [0.5, 0.6) is 0 Å². The van der Waals surface area contributed by atoms with E-state index in [4.69, 9.17) is 11.6 Å². The summed E-state index contributed by atoms with van der Waals surface area (Å²) in [5, 5.41) is 9.54. The number of pyridine rings is 1. The van der Waals surface area contributed by atoms with Crippen molar-refractivity contribution in [1.82, 2.24) is 10.3 Å². The molecule has 34 heavy (non-hydrogen) atoms. The fourth-order valence-corrected chi connectivity index (χ4v) is 4.27. The minimum absolute atomic E-state index is 0.273. The van der Waals surface area contributed by atoms with Crippen LogP contribution < -0.4 is 20.9 Å². The summed E-state index contributed by atoms with van der Waals surface area (Å²) >= 11 is 6.28. The molecule has 3 N–H and O–H groups in total. The molecule has 2 amide bonds. The zero-order valence-corrected chi connectivity index (χ0v) is 20.2. The number of piperazine rings is 1. The molecule has 2 heterocycles. The topological polar surface area (TPSA) is 86.4 Å². The van der Waals surface area contributed by atoms with E-state index >= 15 is 0 Å². The van der Waals surface area contributed by atoms with E-state index in [0.29, 0.717) is 39.6 Å². The van der Waals surface area contributed by atoms with Crippen LogP contribution in [0.4, 0.5) is 17.2 Å². The van der Waals surface area contributed by atoms with Gasteiger partial charge >= 0.3 is 0 Å². The number of halogens is 1. The van der Waals surface area contributed by atoms with E-state index in [1.54, 1.807) is 42.6 Å². The van der Waals surface area contributed by atoms with Crippen molar-refractivity contribution in [2.45, 2.75) is 32.9 Å². The van der Waals surface area contributed by atoms with E-state index in [0.717, 1.165) is 24.5 Å².